The van der Waals surface area contributed by atoms with Crippen molar-refractivity contribution in [2.75, 3.05) is 13.2 Å². The highest BCUT2D eigenvalue weighted by molar-refractivity contribution is 9.10. The van der Waals surface area contributed by atoms with E-state index in [1.165, 1.54) is 22.2 Å². The molecule has 0 unspecified atom stereocenters. The van der Waals surface area contributed by atoms with E-state index in [2.05, 4.69) is 32.7 Å². The molecule has 0 atom stereocenters. The Balaban J connectivity index is 1.93. The average Bonchev–Trinajstić information content (AvgIpc) is 2.63. The molecule has 0 fully saturated rings. The molecule has 0 radical (unpaired) electrons. The summed E-state index contributed by atoms with van der Waals surface area (Å²) >= 11 is 5.22. The maximum Gasteiger partial charge on any atom is 0.0431 e. The van der Waals surface area contributed by atoms with Crippen LogP contribution in [0.5, 0.6) is 0 Å². The van der Waals surface area contributed by atoms with E-state index in [1.54, 1.807) is 11.3 Å². The predicted molar refractivity (Wildman–Crippen MR) is 69.3 cm³/mol. The van der Waals surface area contributed by atoms with Crippen LogP contribution in [0.3, 0.4) is 0 Å². The first-order valence-electron chi connectivity index (χ1n) is 5.37. The quantitative estimate of drug-likeness (QED) is 0.721. The highest BCUT2D eigenvalue weighted by Crippen LogP contribution is 2.19. The molecular formula is C11H18BrNOS. The Bertz CT molecular complexity index is 265. The lowest BCUT2D eigenvalue weighted by molar-refractivity contribution is 0.282. The van der Waals surface area contributed by atoms with Crippen molar-refractivity contribution in [3.05, 3.63) is 20.8 Å². The second kappa shape index (κ2) is 8.28. The molecule has 0 saturated heterocycles. The van der Waals surface area contributed by atoms with Gasteiger partial charge < -0.3 is 10.4 Å². The first kappa shape index (κ1) is 13.2. The maximum absolute atomic E-state index is 8.60. The summed E-state index contributed by atoms with van der Waals surface area (Å²) in [7, 11) is 0. The Hall–Kier alpha value is 0.1000. The molecule has 4 heteroatoms. The molecule has 0 saturated carbocycles. The van der Waals surface area contributed by atoms with Crippen molar-refractivity contribution in [2.24, 2.45) is 0 Å². The Morgan fingerprint density at radius 3 is 2.73 bits per heavy atom. The Morgan fingerprint density at radius 1 is 1.27 bits per heavy atom. The van der Waals surface area contributed by atoms with E-state index in [9.17, 15) is 0 Å². The molecule has 0 bridgehead atoms. The highest BCUT2D eigenvalue weighted by Gasteiger charge is 1.96. The zero-order valence-electron chi connectivity index (χ0n) is 8.84. The van der Waals surface area contributed by atoms with Gasteiger partial charge >= 0.3 is 0 Å². The van der Waals surface area contributed by atoms with Crippen LogP contribution in [0.1, 0.15) is 30.6 Å². The van der Waals surface area contributed by atoms with Gasteiger partial charge in [0.1, 0.15) is 0 Å². The van der Waals surface area contributed by atoms with Crippen molar-refractivity contribution < 1.29 is 5.11 Å². The summed E-state index contributed by atoms with van der Waals surface area (Å²) in [6.07, 6.45) is 4.49. The van der Waals surface area contributed by atoms with Gasteiger partial charge in [-0.1, -0.05) is 12.8 Å². The molecule has 0 aliphatic carbocycles. The summed E-state index contributed by atoms with van der Waals surface area (Å²) in [5, 5.41) is 14.1. The van der Waals surface area contributed by atoms with E-state index < -0.39 is 0 Å². The topological polar surface area (TPSA) is 32.3 Å². The molecule has 1 heterocycles. The van der Waals surface area contributed by atoms with Crippen molar-refractivity contribution in [1.82, 2.24) is 5.32 Å². The molecule has 15 heavy (non-hydrogen) atoms. The largest absolute Gasteiger partial charge is 0.396 e. The van der Waals surface area contributed by atoms with E-state index in [-0.39, 0.29) is 0 Å². The number of hydrogen-bond donors (Lipinski definition) is 2. The minimum atomic E-state index is 0.330. The van der Waals surface area contributed by atoms with Gasteiger partial charge in [-0.25, -0.2) is 0 Å². The summed E-state index contributed by atoms with van der Waals surface area (Å²) < 4.78 is 1.17. The lowest BCUT2D eigenvalue weighted by atomic mass is 10.2. The van der Waals surface area contributed by atoms with E-state index >= 15 is 0 Å². The number of rotatable bonds is 8. The zero-order valence-corrected chi connectivity index (χ0v) is 11.2. The number of halogens is 1. The van der Waals surface area contributed by atoms with Crippen LogP contribution >= 0.6 is 27.3 Å². The van der Waals surface area contributed by atoms with Crippen molar-refractivity contribution in [2.45, 2.75) is 32.2 Å². The maximum atomic E-state index is 8.60. The molecular weight excluding hydrogens is 274 g/mol. The summed E-state index contributed by atoms with van der Waals surface area (Å²) in [6.45, 7) is 2.37. The molecule has 86 valence electrons. The molecule has 2 N–H and O–H groups in total. The lowest BCUT2D eigenvalue weighted by Gasteiger charge is -2.02. The average molecular weight is 292 g/mol. The van der Waals surface area contributed by atoms with Crippen LogP contribution in [-0.2, 0) is 6.54 Å². The third-order valence-corrected chi connectivity index (χ3v) is 3.88. The van der Waals surface area contributed by atoms with E-state index in [1.807, 2.05) is 0 Å². The van der Waals surface area contributed by atoms with Crippen LogP contribution < -0.4 is 5.32 Å². The Morgan fingerprint density at radius 2 is 2.07 bits per heavy atom. The van der Waals surface area contributed by atoms with E-state index in [4.69, 9.17) is 5.11 Å². The molecule has 0 spiro atoms. The van der Waals surface area contributed by atoms with Crippen LogP contribution in [0.15, 0.2) is 15.9 Å². The van der Waals surface area contributed by atoms with E-state index in [0.717, 1.165) is 25.9 Å². The molecule has 0 aromatic carbocycles. The molecule has 0 aliphatic rings. The number of hydrogen-bond acceptors (Lipinski definition) is 3. The van der Waals surface area contributed by atoms with Gasteiger partial charge in [-0.3, -0.25) is 0 Å². The number of aliphatic hydroxyl groups excluding tert-OH is 1. The molecule has 0 aliphatic heterocycles. The van der Waals surface area contributed by atoms with Crippen LogP contribution in [-0.4, -0.2) is 18.3 Å². The lowest BCUT2D eigenvalue weighted by Crippen LogP contribution is -2.13. The smallest absolute Gasteiger partial charge is 0.0431 e. The summed E-state index contributed by atoms with van der Waals surface area (Å²) in [5.74, 6) is 0. The first-order valence-corrected chi connectivity index (χ1v) is 7.04. The number of nitrogens with one attached hydrogen (secondary N) is 1. The summed E-state index contributed by atoms with van der Waals surface area (Å²) in [4.78, 5) is 1.37. The molecule has 2 nitrogen and oxygen atoms in total. The second-order valence-corrected chi connectivity index (χ2v) is 5.46. The van der Waals surface area contributed by atoms with Gasteiger partial charge in [0.25, 0.3) is 0 Å². The third kappa shape index (κ3) is 6.30. The fourth-order valence-electron chi connectivity index (χ4n) is 1.37. The van der Waals surface area contributed by atoms with Crippen LogP contribution in [0.2, 0.25) is 0 Å². The Labute approximate surface area is 104 Å². The van der Waals surface area contributed by atoms with Gasteiger partial charge in [-0.05, 0) is 41.4 Å². The van der Waals surface area contributed by atoms with Crippen LogP contribution in [0.4, 0.5) is 0 Å². The fraction of sp³-hybridized carbons (Fsp3) is 0.636. The Kier molecular flexibility index (Phi) is 7.26. The molecule has 0 amide bonds. The minimum absolute atomic E-state index is 0.330. The van der Waals surface area contributed by atoms with Gasteiger partial charge in [0.15, 0.2) is 0 Å². The molecule has 1 rings (SSSR count). The van der Waals surface area contributed by atoms with E-state index in [0.29, 0.717) is 6.61 Å². The van der Waals surface area contributed by atoms with Gasteiger partial charge in [0, 0.05) is 27.9 Å². The van der Waals surface area contributed by atoms with Crippen molar-refractivity contribution in [3.8, 4) is 0 Å². The predicted octanol–water partition coefficient (Wildman–Crippen LogP) is 3.15. The normalized spacial score (nSPS) is 10.8. The van der Waals surface area contributed by atoms with Crippen LogP contribution in [0, 0.1) is 0 Å². The molecule has 1 aromatic heterocycles. The van der Waals surface area contributed by atoms with Crippen molar-refractivity contribution in [1.29, 1.82) is 0 Å². The first-order chi connectivity index (χ1) is 7.33. The van der Waals surface area contributed by atoms with Gasteiger partial charge in [0.2, 0.25) is 0 Å². The third-order valence-electron chi connectivity index (χ3n) is 2.18. The number of unbranched alkanes of at least 4 members (excludes halogenated alkanes) is 3. The SMILES string of the molecule is OCCCCCCNCc1cc(Br)cs1. The summed E-state index contributed by atoms with van der Waals surface area (Å²) in [6, 6.07) is 2.16. The zero-order chi connectivity index (χ0) is 10.9. The number of aliphatic hydroxyl groups is 1. The van der Waals surface area contributed by atoms with Crippen molar-refractivity contribution >= 4 is 27.3 Å². The molecule has 1 aromatic rings. The van der Waals surface area contributed by atoms with Gasteiger partial charge in [-0.2, -0.15) is 0 Å². The van der Waals surface area contributed by atoms with Gasteiger partial charge in [-0.15, -0.1) is 11.3 Å². The van der Waals surface area contributed by atoms with Crippen LogP contribution in [0.25, 0.3) is 0 Å². The second-order valence-electron chi connectivity index (χ2n) is 3.55. The number of thiophene rings is 1. The van der Waals surface area contributed by atoms with Gasteiger partial charge in [0.05, 0.1) is 0 Å². The fourth-order valence-corrected chi connectivity index (χ4v) is 2.79. The monoisotopic (exact) mass is 291 g/mol. The highest BCUT2D eigenvalue weighted by atomic mass is 79.9. The summed E-state index contributed by atoms with van der Waals surface area (Å²) in [5.41, 5.74) is 0. The van der Waals surface area contributed by atoms with Crippen molar-refractivity contribution in [3.63, 3.8) is 0 Å². The minimum Gasteiger partial charge on any atom is -0.396 e. The standard InChI is InChI=1S/C11H18BrNOS/c12-10-7-11(15-9-10)8-13-5-3-1-2-4-6-14/h7,9,13-14H,1-6,8H2.